The lowest BCUT2D eigenvalue weighted by Gasteiger charge is -2.10. The fourth-order valence-electron chi connectivity index (χ4n) is 3.00. The van der Waals surface area contributed by atoms with Crippen molar-refractivity contribution in [3.8, 4) is 0 Å². The fraction of sp³-hybridized carbons (Fsp3) is 0.0870. The number of anilines is 1. The number of carbonyl (C=O) groups is 1. The highest BCUT2D eigenvalue weighted by atomic mass is 35.5. The Morgan fingerprint density at radius 2 is 1.77 bits per heavy atom. The molecule has 0 fully saturated rings. The molecule has 1 heterocycles. The topological polar surface area (TPSA) is 67.2 Å². The summed E-state index contributed by atoms with van der Waals surface area (Å²) in [6, 6.07) is 18.2. The minimum atomic E-state index is -0.260. The van der Waals surface area contributed by atoms with Crippen molar-refractivity contribution in [1.82, 2.24) is 10.3 Å². The van der Waals surface area contributed by atoms with Gasteiger partial charge in [-0.25, -0.2) is 4.98 Å². The SMILES string of the molecule is Cc1ccc(C(=O)NC(=S)Nc2ccc(Cc3nc4cc(Cl)cc(Cl)c4o3)cc2)cc1. The number of halogens is 2. The van der Waals surface area contributed by atoms with Gasteiger partial charge in [0.25, 0.3) is 5.91 Å². The molecule has 0 atom stereocenters. The number of benzene rings is 3. The molecule has 0 aliphatic heterocycles. The minimum absolute atomic E-state index is 0.226. The van der Waals surface area contributed by atoms with Crippen LogP contribution in [0.25, 0.3) is 11.1 Å². The summed E-state index contributed by atoms with van der Waals surface area (Å²) < 4.78 is 5.76. The molecule has 4 rings (SSSR count). The maximum Gasteiger partial charge on any atom is 0.257 e. The summed E-state index contributed by atoms with van der Waals surface area (Å²) in [5.74, 6) is 0.282. The number of fused-ring (bicyclic) bond motifs is 1. The molecule has 0 aliphatic rings. The molecular weight excluding hydrogens is 453 g/mol. The molecule has 2 N–H and O–H groups in total. The molecule has 0 spiro atoms. The molecule has 4 aromatic rings. The van der Waals surface area contributed by atoms with E-state index in [0.29, 0.717) is 39.0 Å². The summed E-state index contributed by atoms with van der Waals surface area (Å²) in [4.78, 5) is 16.7. The zero-order valence-corrected chi connectivity index (χ0v) is 18.7. The Morgan fingerprint density at radius 3 is 2.48 bits per heavy atom. The first-order valence-electron chi connectivity index (χ1n) is 9.40. The van der Waals surface area contributed by atoms with E-state index in [2.05, 4.69) is 15.6 Å². The molecule has 3 aromatic carbocycles. The second kappa shape index (κ2) is 9.06. The Morgan fingerprint density at radius 1 is 1.06 bits per heavy atom. The number of aromatic nitrogens is 1. The molecule has 0 saturated heterocycles. The summed E-state index contributed by atoms with van der Waals surface area (Å²) in [7, 11) is 0. The van der Waals surface area contributed by atoms with Gasteiger partial charge in [0.15, 0.2) is 16.6 Å². The highest BCUT2D eigenvalue weighted by Gasteiger charge is 2.12. The quantitative estimate of drug-likeness (QED) is 0.350. The van der Waals surface area contributed by atoms with Gasteiger partial charge in [-0.15, -0.1) is 0 Å². The number of thiocarbonyl (C=S) groups is 1. The lowest BCUT2D eigenvalue weighted by molar-refractivity contribution is 0.0977. The van der Waals surface area contributed by atoms with Gasteiger partial charge >= 0.3 is 0 Å². The minimum Gasteiger partial charge on any atom is -0.439 e. The molecule has 0 aliphatic carbocycles. The smallest absolute Gasteiger partial charge is 0.257 e. The van der Waals surface area contributed by atoms with Crippen LogP contribution in [0.2, 0.25) is 10.0 Å². The van der Waals surface area contributed by atoms with Crippen molar-refractivity contribution in [2.45, 2.75) is 13.3 Å². The van der Waals surface area contributed by atoms with E-state index in [9.17, 15) is 4.79 Å². The molecule has 0 saturated carbocycles. The van der Waals surface area contributed by atoms with E-state index in [-0.39, 0.29) is 11.0 Å². The number of nitrogens with one attached hydrogen (secondary N) is 2. The maximum atomic E-state index is 12.3. The number of hydrogen-bond acceptors (Lipinski definition) is 4. The number of nitrogens with zero attached hydrogens (tertiary/aromatic N) is 1. The molecule has 0 radical (unpaired) electrons. The van der Waals surface area contributed by atoms with Crippen molar-refractivity contribution in [2.75, 3.05) is 5.32 Å². The summed E-state index contributed by atoms with van der Waals surface area (Å²) >= 11 is 17.4. The molecule has 5 nitrogen and oxygen atoms in total. The van der Waals surface area contributed by atoms with E-state index in [4.69, 9.17) is 39.8 Å². The van der Waals surface area contributed by atoms with Crippen molar-refractivity contribution in [3.05, 3.63) is 93.3 Å². The van der Waals surface area contributed by atoms with Crippen LogP contribution in [-0.2, 0) is 6.42 Å². The van der Waals surface area contributed by atoms with Gasteiger partial charge < -0.3 is 9.73 Å². The average molecular weight is 470 g/mol. The fourth-order valence-corrected chi connectivity index (χ4v) is 3.74. The second-order valence-electron chi connectivity index (χ2n) is 6.99. The average Bonchev–Trinajstić information content (AvgIpc) is 3.12. The van der Waals surface area contributed by atoms with Crippen LogP contribution < -0.4 is 10.6 Å². The van der Waals surface area contributed by atoms with E-state index in [1.54, 1.807) is 24.3 Å². The first-order chi connectivity index (χ1) is 14.9. The van der Waals surface area contributed by atoms with Crippen molar-refractivity contribution in [3.63, 3.8) is 0 Å². The molecule has 1 aromatic heterocycles. The van der Waals surface area contributed by atoms with Crippen LogP contribution in [0, 0.1) is 6.92 Å². The second-order valence-corrected chi connectivity index (χ2v) is 8.24. The van der Waals surface area contributed by atoms with E-state index >= 15 is 0 Å². The van der Waals surface area contributed by atoms with E-state index < -0.39 is 0 Å². The van der Waals surface area contributed by atoms with Crippen LogP contribution in [0.15, 0.2) is 65.1 Å². The van der Waals surface area contributed by atoms with E-state index in [0.717, 1.165) is 16.8 Å². The predicted octanol–water partition coefficient (Wildman–Crippen LogP) is 6.16. The van der Waals surface area contributed by atoms with Crippen LogP contribution in [0.4, 0.5) is 5.69 Å². The third kappa shape index (κ3) is 5.22. The van der Waals surface area contributed by atoms with Crippen molar-refractivity contribution in [1.29, 1.82) is 0 Å². The molecule has 156 valence electrons. The van der Waals surface area contributed by atoms with Gasteiger partial charge in [-0.2, -0.15) is 0 Å². The third-order valence-electron chi connectivity index (χ3n) is 4.56. The van der Waals surface area contributed by atoms with Gasteiger partial charge in [-0.05, 0) is 61.1 Å². The number of amides is 1. The molecular formula is C23H17Cl2N3O2S. The summed E-state index contributed by atoms with van der Waals surface area (Å²) in [5, 5.41) is 6.86. The summed E-state index contributed by atoms with van der Waals surface area (Å²) in [5.41, 5.74) is 4.53. The largest absolute Gasteiger partial charge is 0.439 e. The highest BCUT2D eigenvalue weighted by Crippen LogP contribution is 2.29. The predicted molar refractivity (Wildman–Crippen MR) is 128 cm³/mol. The highest BCUT2D eigenvalue weighted by molar-refractivity contribution is 7.80. The van der Waals surface area contributed by atoms with Crippen LogP contribution in [0.1, 0.15) is 27.4 Å². The maximum absolute atomic E-state index is 12.3. The number of hydrogen-bond donors (Lipinski definition) is 2. The third-order valence-corrected chi connectivity index (χ3v) is 5.26. The van der Waals surface area contributed by atoms with Crippen LogP contribution in [-0.4, -0.2) is 16.0 Å². The van der Waals surface area contributed by atoms with Gasteiger partial charge in [-0.3, -0.25) is 10.1 Å². The number of carbonyl (C=O) groups excluding carboxylic acids is 1. The van der Waals surface area contributed by atoms with Gasteiger partial charge in [-0.1, -0.05) is 53.0 Å². The van der Waals surface area contributed by atoms with Crippen LogP contribution >= 0.6 is 35.4 Å². The first kappa shape index (κ1) is 21.3. The number of aryl methyl sites for hydroxylation is 1. The Hall–Kier alpha value is -2.93. The number of oxazole rings is 1. The molecule has 0 bridgehead atoms. The van der Waals surface area contributed by atoms with Gasteiger partial charge in [0, 0.05) is 22.7 Å². The van der Waals surface area contributed by atoms with Crippen LogP contribution in [0.5, 0.6) is 0 Å². The monoisotopic (exact) mass is 469 g/mol. The Kier molecular flexibility index (Phi) is 6.23. The van der Waals surface area contributed by atoms with Crippen LogP contribution in [0.3, 0.4) is 0 Å². The van der Waals surface area contributed by atoms with E-state index in [1.165, 1.54) is 0 Å². The zero-order valence-electron chi connectivity index (χ0n) is 16.4. The summed E-state index contributed by atoms with van der Waals surface area (Å²) in [6.45, 7) is 1.96. The first-order valence-corrected chi connectivity index (χ1v) is 10.6. The normalized spacial score (nSPS) is 10.8. The van der Waals surface area contributed by atoms with Gasteiger partial charge in [0.05, 0.1) is 5.02 Å². The zero-order chi connectivity index (χ0) is 22.0. The molecule has 31 heavy (non-hydrogen) atoms. The van der Waals surface area contributed by atoms with Crippen molar-refractivity contribution >= 4 is 63.2 Å². The Bertz CT molecular complexity index is 1270. The summed E-state index contributed by atoms with van der Waals surface area (Å²) in [6.07, 6.45) is 0.498. The Balaban J connectivity index is 1.38. The van der Waals surface area contributed by atoms with Gasteiger partial charge in [0.2, 0.25) is 0 Å². The Labute approximate surface area is 194 Å². The lowest BCUT2D eigenvalue weighted by atomic mass is 10.1. The van der Waals surface area contributed by atoms with Gasteiger partial charge in [0.1, 0.15) is 5.52 Å². The van der Waals surface area contributed by atoms with Crippen molar-refractivity contribution in [2.24, 2.45) is 0 Å². The molecule has 1 amide bonds. The standard InChI is InChI=1S/C23H17Cl2N3O2S/c1-13-2-6-15(7-3-13)22(29)28-23(31)26-17-8-4-14(5-9-17)10-20-27-19-12-16(24)11-18(25)21(19)30-20/h2-9,11-12H,10H2,1H3,(H2,26,28,29,31). The number of rotatable bonds is 4. The van der Waals surface area contributed by atoms with Crippen molar-refractivity contribution < 1.29 is 9.21 Å². The lowest BCUT2D eigenvalue weighted by Crippen LogP contribution is -2.34. The van der Waals surface area contributed by atoms with E-state index in [1.807, 2.05) is 43.3 Å². The molecule has 8 heteroatoms. The molecule has 0 unspecified atom stereocenters.